The molecule has 0 bridgehead atoms. The molecule has 2 heterocycles. The minimum atomic E-state index is -4.80. The second kappa shape index (κ2) is 9.65. The van der Waals surface area contributed by atoms with Crippen LogP contribution < -0.4 is 20.3 Å². The quantitative estimate of drug-likeness (QED) is 0.538. The second-order valence-corrected chi connectivity index (χ2v) is 8.64. The van der Waals surface area contributed by atoms with Crippen molar-refractivity contribution >= 4 is 44.2 Å². The summed E-state index contributed by atoms with van der Waals surface area (Å²) in [4.78, 5) is 31.1. The number of hydrogen-bond acceptors (Lipinski definition) is 6. The third-order valence-electron chi connectivity index (χ3n) is 5.27. The molecule has 1 fully saturated rings. The number of ether oxygens (including phenoxy) is 1. The Morgan fingerprint density at radius 2 is 1.76 bits per heavy atom. The molecule has 33 heavy (non-hydrogen) atoms. The lowest BCUT2D eigenvalue weighted by Gasteiger charge is -2.31. The van der Waals surface area contributed by atoms with Gasteiger partial charge < -0.3 is 20.3 Å². The standard InChI is InChI=1S/C22H21F3N4O3S/c23-22(24,25)32-16-7-5-15(6-8-16)27-20(31)19(30)26-13-14-9-11-29(12-10-14)21-28-17-3-1-2-4-18(17)33-21/h1-8,14H,9-13H2,(H,26,30)(H,27,31). The third-order valence-corrected chi connectivity index (χ3v) is 6.37. The first-order chi connectivity index (χ1) is 15.8. The first-order valence-electron chi connectivity index (χ1n) is 10.3. The molecular weight excluding hydrogens is 457 g/mol. The van der Waals surface area contributed by atoms with E-state index in [2.05, 4.69) is 31.3 Å². The molecule has 7 nitrogen and oxygen atoms in total. The zero-order valence-electron chi connectivity index (χ0n) is 17.4. The van der Waals surface area contributed by atoms with Crippen LogP contribution in [-0.2, 0) is 9.59 Å². The van der Waals surface area contributed by atoms with Crippen LogP contribution in [0, 0.1) is 5.92 Å². The lowest BCUT2D eigenvalue weighted by atomic mass is 9.97. The number of alkyl halides is 3. The molecule has 2 N–H and O–H groups in total. The number of amides is 2. The number of halogens is 3. The molecule has 0 spiro atoms. The van der Waals surface area contributed by atoms with Gasteiger partial charge in [-0.2, -0.15) is 0 Å². The highest BCUT2D eigenvalue weighted by molar-refractivity contribution is 7.22. The zero-order valence-corrected chi connectivity index (χ0v) is 18.2. The van der Waals surface area contributed by atoms with Gasteiger partial charge in [0.1, 0.15) is 5.75 Å². The first-order valence-corrected chi connectivity index (χ1v) is 11.1. The molecule has 0 radical (unpaired) electrons. The summed E-state index contributed by atoms with van der Waals surface area (Å²) < 4.78 is 41.5. The number of fused-ring (bicyclic) bond motifs is 1. The third kappa shape index (κ3) is 6.13. The summed E-state index contributed by atoms with van der Waals surface area (Å²) in [5.41, 5.74) is 1.18. The summed E-state index contributed by atoms with van der Waals surface area (Å²) in [7, 11) is 0. The van der Waals surface area contributed by atoms with Gasteiger partial charge in [-0.25, -0.2) is 4.98 Å². The number of nitrogens with zero attached hydrogens (tertiary/aromatic N) is 2. The SMILES string of the molecule is O=C(NCC1CCN(c2nc3ccccc3s2)CC1)C(=O)Nc1ccc(OC(F)(F)F)cc1. The van der Waals surface area contributed by atoms with Crippen molar-refractivity contribution in [1.29, 1.82) is 0 Å². The van der Waals surface area contributed by atoms with E-state index in [1.807, 2.05) is 18.2 Å². The van der Waals surface area contributed by atoms with Crippen LogP contribution in [0.1, 0.15) is 12.8 Å². The van der Waals surface area contributed by atoms with Crippen LogP contribution in [0.2, 0.25) is 0 Å². The maximum atomic E-state index is 12.2. The van der Waals surface area contributed by atoms with Gasteiger partial charge in [0.15, 0.2) is 5.13 Å². The fourth-order valence-electron chi connectivity index (χ4n) is 3.57. The molecule has 174 valence electrons. The normalized spacial score (nSPS) is 14.8. The molecule has 1 aromatic heterocycles. The highest BCUT2D eigenvalue weighted by atomic mass is 32.1. The summed E-state index contributed by atoms with van der Waals surface area (Å²) in [6.45, 7) is 2.01. The number of anilines is 2. The van der Waals surface area contributed by atoms with Gasteiger partial charge in [0, 0.05) is 25.3 Å². The molecule has 11 heteroatoms. The molecule has 2 aromatic carbocycles. The molecule has 1 aliphatic heterocycles. The Hall–Kier alpha value is -3.34. The molecule has 1 saturated heterocycles. The van der Waals surface area contributed by atoms with Crippen molar-refractivity contribution in [3.63, 3.8) is 0 Å². The van der Waals surface area contributed by atoms with Crippen LogP contribution in [0.25, 0.3) is 10.2 Å². The Balaban J connectivity index is 1.21. The van der Waals surface area contributed by atoms with Gasteiger partial charge in [-0.3, -0.25) is 9.59 Å². The number of aromatic nitrogens is 1. The van der Waals surface area contributed by atoms with E-state index in [1.165, 1.54) is 12.1 Å². The highest BCUT2D eigenvalue weighted by Crippen LogP contribution is 2.31. The van der Waals surface area contributed by atoms with Gasteiger partial charge in [-0.05, 0) is 55.2 Å². The van der Waals surface area contributed by atoms with Gasteiger partial charge in [0.2, 0.25) is 0 Å². The predicted molar refractivity (Wildman–Crippen MR) is 119 cm³/mol. The maximum Gasteiger partial charge on any atom is 0.573 e. The molecule has 0 atom stereocenters. The lowest BCUT2D eigenvalue weighted by molar-refractivity contribution is -0.274. The first kappa shape index (κ1) is 22.8. The van der Waals surface area contributed by atoms with Gasteiger partial charge in [-0.1, -0.05) is 23.5 Å². The Labute approximate surface area is 191 Å². The van der Waals surface area contributed by atoms with Crippen LogP contribution in [0.15, 0.2) is 48.5 Å². The second-order valence-electron chi connectivity index (χ2n) is 7.63. The Bertz CT molecular complexity index is 1090. The van der Waals surface area contributed by atoms with Crippen molar-refractivity contribution in [2.75, 3.05) is 29.9 Å². The van der Waals surface area contributed by atoms with E-state index in [0.717, 1.165) is 53.4 Å². The van der Waals surface area contributed by atoms with E-state index in [0.29, 0.717) is 6.54 Å². The van der Waals surface area contributed by atoms with Crippen molar-refractivity contribution < 1.29 is 27.5 Å². The number of rotatable bonds is 5. The number of piperidine rings is 1. The minimum absolute atomic E-state index is 0.189. The average Bonchev–Trinajstić information content (AvgIpc) is 3.22. The van der Waals surface area contributed by atoms with E-state index < -0.39 is 23.9 Å². The monoisotopic (exact) mass is 478 g/mol. The topological polar surface area (TPSA) is 83.6 Å². The van der Waals surface area contributed by atoms with Crippen molar-refractivity contribution in [2.24, 2.45) is 5.92 Å². The number of nitrogens with one attached hydrogen (secondary N) is 2. The molecule has 2 amide bonds. The van der Waals surface area contributed by atoms with Crippen molar-refractivity contribution in [1.82, 2.24) is 10.3 Å². The number of hydrogen-bond donors (Lipinski definition) is 2. The summed E-state index contributed by atoms with van der Waals surface area (Å²) >= 11 is 1.66. The molecule has 1 aliphatic rings. The van der Waals surface area contributed by atoms with E-state index >= 15 is 0 Å². The highest BCUT2D eigenvalue weighted by Gasteiger charge is 2.31. The van der Waals surface area contributed by atoms with Crippen molar-refractivity contribution in [2.45, 2.75) is 19.2 Å². The summed E-state index contributed by atoms with van der Waals surface area (Å²) in [5, 5.41) is 5.98. The molecule has 3 aromatic rings. The minimum Gasteiger partial charge on any atom is -0.406 e. The number of thiazole rings is 1. The van der Waals surface area contributed by atoms with Crippen molar-refractivity contribution in [3.05, 3.63) is 48.5 Å². The molecule has 0 saturated carbocycles. The number of carbonyl (C=O) groups excluding carboxylic acids is 2. The fourth-order valence-corrected chi connectivity index (χ4v) is 4.59. The molecule has 0 unspecified atom stereocenters. The van der Waals surface area contributed by atoms with Gasteiger partial charge in [0.05, 0.1) is 10.2 Å². The van der Waals surface area contributed by atoms with Gasteiger partial charge in [0.25, 0.3) is 0 Å². The van der Waals surface area contributed by atoms with E-state index in [4.69, 9.17) is 0 Å². The Kier molecular flexibility index (Phi) is 6.68. The summed E-state index contributed by atoms with van der Waals surface area (Å²) in [5.74, 6) is -1.85. The van der Waals surface area contributed by atoms with Crippen LogP contribution in [0.5, 0.6) is 5.75 Å². The predicted octanol–water partition coefficient (Wildman–Crippen LogP) is 4.17. The molecule has 0 aliphatic carbocycles. The Morgan fingerprint density at radius 3 is 2.42 bits per heavy atom. The number of benzene rings is 2. The maximum absolute atomic E-state index is 12.2. The van der Waals surface area contributed by atoms with E-state index in [-0.39, 0.29) is 11.6 Å². The van der Waals surface area contributed by atoms with Crippen molar-refractivity contribution in [3.8, 4) is 5.75 Å². The largest absolute Gasteiger partial charge is 0.573 e. The van der Waals surface area contributed by atoms with Gasteiger partial charge in [-0.15, -0.1) is 13.2 Å². The van der Waals surface area contributed by atoms with E-state index in [9.17, 15) is 22.8 Å². The molecule has 4 rings (SSSR count). The lowest BCUT2D eigenvalue weighted by Crippen LogP contribution is -2.41. The summed E-state index contributed by atoms with van der Waals surface area (Å²) in [6, 6.07) is 12.6. The Morgan fingerprint density at radius 1 is 1.06 bits per heavy atom. The fraction of sp³-hybridized carbons (Fsp3) is 0.318. The molecular formula is C22H21F3N4O3S. The average molecular weight is 478 g/mol. The van der Waals surface area contributed by atoms with Crippen LogP contribution in [0.4, 0.5) is 24.0 Å². The van der Waals surface area contributed by atoms with Crippen LogP contribution in [0.3, 0.4) is 0 Å². The van der Waals surface area contributed by atoms with Crippen LogP contribution >= 0.6 is 11.3 Å². The van der Waals surface area contributed by atoms with Gasteiger partial charge >= 0.3 is 18.2 Å². The van der Waals surface area contributed by atoms with Crippen LogP contribution in [-0.4, -0.2) is 42.8 Å². The number of para-hydroxylation sites is 1. The number of carbonyl (C=O) groups is 2. The zero-order chi connectivity index (χ0) is 23.4. The van der Waals surface area contributed by atoms with E-state index in [1.54, 1.807) is 11.3 Å². The smallest absolute Gasteiger partial charge is 0.406 e. The summed E-state index contributed by atoms with van der Waals surface area (Å²) in [6.07, 6.45) is -3.08.